The van der Waals surface area contributed by atoms with Gasteiger partial charge >= 0.3 is 0 Å². The van der Waals surface area contributed by atoms with Crippen molar-refractivity contribution in [2.75, 3.05) is 6.54 Å². The summed E-state index contributed by atoms with van der Waals surface area (Å²) in [6.45, 7) is 3.47. The summed E-state index contributed by atoms with van der Waals surface area (Å²) in [4.78, 5) is 0. The second-order valence-corrected chi connectivity index (χ2v) is 2.00. The van der Waals surface area contributed by atoms with Gasteiger partial charge in [-0.1, -0.05) is 0 Å². The van der Waals surface area contributed by atoms with Gasteiger partial charge in [0, 0.05) is 6.04 Å². The molecule has 1 nitrogen and oxygen atoms in total. The van der Waals surface area contributed by atoms with Crippen molar-refractivity contribution < 1.29 is 4.70 Å². The highest BCUT2D eigenvalue weighted by atomic mass is 19.0. The zero-order chi connectivity index (χ0) is 4.41. The quantitative estimate of drug-likeness (QED) is 0.483. The molecule has 0 radical (unpaired) electrons. The predicted molar refractivity (Wildman–Crippen MR) is 29.2 cm³/mol. The van der Waals surface area contributed by atoms with Gasteiger partial charge in [-0.3, -0.25) is 4.70 Å². The average Bonchev–Trinajstić information content (AvgIpc) is 1.86. The van der Waals surface area contributed by atoms with Gasteiger partial charge in [-0.15, -0.1) is 0 Å². The van der Waals surface area contributed by atoms with Crippen molar-refractivity contribution >= 4 is 0 Å². The molecular weight excluding hydrogens is 93.1 g/mol. The second-order valence-electron chi connectivity index (χ2n) is 2.00. The number of hydrogen-bond donors (Lipinski definition) is 1. The zero-order valence-corrected chi connectivity index (χ0v) is 4.61. The number of hydrogen-bond acceptors (Lipinski definition) is 1. The smallest absolute Gasteiger partial charge is 0.00391 e. The maximum atomic E-state index is 3.32. The van der Waals surface area contributed by atoms with Crippen LogP contribution in [0.1, 0.15) is 19.8 Å². The third-order valence-electron chi connectivity index (χ3n) is 1.31. The molecule has 0 saturated carbocycles. The van der Waals surface area contributed by atoms with Crippen molar-refractivity contribution in [3.8, 4) is 0 Å². The van der Waals surface area contributed by atoms with E-state index >= 15 is 0 Å². The number of halogens is 1. The normalized spacial score (nSPS) is 29.6. The summed E-state index contributed by atoms with van der Waals surface area (Å²) >= 11 is 0. The first kappa shape index (κ1) is 6.89. The topological polar surface area (TPSA) is 12.0 Å². The van der Waals surface area contributed by atoms with Crippen molar-refractivity contribution in [2.45, 2.75) is 25.8 Å². The third-order valence-corrected chi connectivity index (χ3v) is 1.31. The fraction of sp³-hybridized carbons (Fsp3) is 1.00. The van der Waals surface area contributed by atoms with Crippen LogP contribution in [0.2, 0.25) is 0 Å². The van der Waals surface area contributed by atoms with Crippen LogP contribution in [0.3, 0.4) is 0 Å². The van der Waals surface area contributed by atoms with Crippen molar-refractivity contribution in [1.29, 1.82) is 0 Å². The molecule has 44 valence electrons. The van der Waals surface area contributed by atoms with E-state index in [9.17, 15) is 0 Å². The highest BCUT2D eigenvalue weighted by Crippen LogP contribution is 2.01. The summed E-state index contributed by atoms with van der Waals surface area (Å²) in [6.07, 6.45) is 2.75. The average molecular weight is 105 g/mol. The monoisotopic (exact) mass is 105 g/mol. The first-order valence-electron chi connectivity index (χ1n) is 2.63. The Balaban J connectivity index is 0.000000360. The molecule has 1 N–H and O–H groups in total. The Bertz CT molecular complexity index is 41.3. The first-order chi connectivity index (χ1) is 2.89. The lowest BCUT2D eigenvalue weighted by Gasteiger charge is -1.95. The van der Waals surface area contributed by atoms with E-state index in [0.29, 0.717) is 0 Å². The molecule has 1 rings (SSSR count). The van der Waals surface area contributed by atoms with E-state index in [1.54, 1.807) is 0 Å². The van der Waals surface area contributed by atoms with Crippen LogP contribution >= 0.6 is 0 Å². The van der Waals surface area contributed by atoms with Crippen molar-refractivity contribution in [3.63, 3.8) is 0 Å². The molecule has 0 spiro atoms. The summed E-state index contributed by atoms with van der Waals surface area (Å²) in [7, 11) is 0. The molecule has 1 saturated heterocycles. The van der Waals surface area contributed by atoms with Gasteiger partial charge in [0.05, 0.1) is 0 Å². The van der Waals surface area contributed by atoms with E-state index in [1.807, 2.05) is 0 Å². The second kappa shape index (κ2) is 2.97. The Labute approximate surface area is 43.5 Å². The van der Waals surface area contributed by atoms with E-state index in [2.05, 4.69) is 12.2 Å². The molecule has 0 amide bonds. The lowest BCUT2D eigenvalue weighted by Crippen LogP contribution is -2.16. The highest BCUT2D eigenvalue weighted by Gasteiger charge is 2.05. The van der Waals surface area contributed by atoms with Crippen LogP contribution in [0.5, 0.6) is 0 Å². The van der Waals surface area contributed by atoms with Gasteiger partial charge in [-0.05, 0) is 26.3 Å². The van der Waals surface area contributed by atoms with Crippen LogP contribution < -0.4 is 5.32 Å². The van der Waals surface area contributed by atoms with Gasteiger partial charge in [-0.2, -0.15) is 0 Å². The van der Waals surface area contributed by atoms with Crippen LogP contribution in [0.25, 0.3) is 0 Å². The van der Waals surface area contributed by atoms with Crippen LogP contribution in [-0.4, -0.2) is 12.6 Å². The van der Waals surface area contributed by atoms with Gasteiger partial charge < -0.3 is 5.32 Å². The minimum Gasteiger partial charge on any atom is -0.314 e. The molecule has 0 bridgehead atoms. The molecule has 7 heavy (non-hydrogen) atoms. The molecule has 1 aliphatic heterocycles. The molecule has 0 aliphatic carbocycles. The number of nitrogens with one attached hydrogen (secondary N) is 1. The minimum absolute atomic E-state index is 0. The van der Waals surface area contributed by atoms with Crippen molar-refractivity contribution in [2.24, 2.45) is 0 Å². The molecule has 1 heterocycles. The highest BCUT2D eigenvalue weighted by molar-refractivity contribution is 4.67. The first-order valence-corrected chi connectivity index (χ1v) is 2.63. The molecule has 1 atom stereocenters. The van der Waals surface area contributed by atoms with E-state index in [0.717, 1.165) is 6.04 Å². The van der Waals surface area contributed by atoms with E-state index in [4.69, 9.17) is 0 Å². The maximum Gasteiger partial charge on any atom is 0.00391 e. The SMILES string of the molecule is CC1CCCN1.F. The fourth-order valence-corrected chi connectivity index (χ4v) is 0.859. The molecule has 1 fully saturated rings. The molecule has 0 aromatic rings. The summed E-state index contributed by atoms with van der Waals surface area (Å²) in [5, 5.41) is 3.32. The fourth-order valence-electron chi connectivity index (χ4n) is 0.859. The largest absolute Gasteiger partial charge is 0.314 e. The minimum atomic E-state index is 0. The van der Waals surface area contributed by atoms with E-state index in [1.165, 1.54) is 19.4 Å². The van der Waals surface area contributed by atoms with Gasteiger partial charge in [0.25, 0.3) is 0 Å². The predicted octanol–water partition coefficient (Wildman–Crippen LogP) is 0.911. The van der Waals surface area contributed by atoms with Crippen LogP contribution in [0.15, 0.2) is 0 Å². The Kier molecular flexibility index (Phi) is 2.92. The lowest BCUT2D eigenvalue weighted by molar-refractivity contribution is 0.664. The molecule has 0 aromatic heterocycles. The van der Waals surface area contributed by atoms with Gasteiger partial charge in [-0.25, -0.2) is 0 Å². The molecule has 1 aliphatic rings. The molecule has 1 unspecified atom stereocenters. The number of rotatable bonds is 0. The Morgan fingerprint density at radius 3 is 2.43 bits per heavy atom. The van der Waals surface area contributed by atoms with E-state index < -0.39 is 0 Å². The summed E-state index contributed by atoms with van der Waals surface area (Å²) < 4.78 is 0. The summed E-state index contributed by atoms with van der Waals surface area (Å²) in [6, 6.07) is 0.796. The van der Waals surface area contributed by atoms with Crippen LogP contribution in [0, 0.1) is 0 Å². The Hall–Kier alpha value is -0.110. The standard InChI is InChI=1S/C5H11N.FH/c1-5-3-2-4-6-5;/h5-6H,2-4H2,1H3;1H. The molecule has 2 heteroatoms. The van der Waals surface area contributed by atoms with Crippen molar-refractivity contribution in [1.82, 2.24) is 5.32 Å². The van der Waals surface area contributed by atoms with Gasteiger partial charge in [0.1, 0.15) is 0 Å². The third kappa shape index (κ3) is 1.88. The van der Waals surface area contributed by atoms with Crippen LogP contribution in [0.4, 0.5) is 4.70 Å². The molecular formula is C5H12FN. The Morgan fingerprint density at radius 2 is 2.29 bits per heavy atom. The maximum absolute atomic E-state index is 3.32. The lowest BCUT2D eigenvalue weighted by atomic mass is 10.3. The summed E-state index contributed by atoms with van der Waals surface area (Å²) in [5.74, 6) is 0. The van der Waals surface area contributed by atoms with Gasteiger partial charge in [0.15, 0.2) is 0 Å². The van der Waals surface area contributed by atoms with Crippen molar-refractivity contribution in [3.05, 3.63) is 0 Å². The zero-order valence-electron chi connectivity index (χ0n) is 4.61. The Morgan fingerprint density at radius 1 is 1.57 bits per heavy atom. The summed E-state index contributed by atoms with van der Waals surface area (Å²) in [5.41, 5.74) is 0. The van der Waals surface area contributed by atoms with E-state index in [-0.39, 0.29) is 4.70 Å². The van der Waals surface area contributed by atoms with Crippen LogP contribution in [-0.2, 0) is 0 Å². The van der Waals surface area contributed by atoms with Gasteiger partial charge in [0.2, 0.25) is 0 Å². The molecule has 0 aromatic carbocycles.